The van der Waals surface area contributed by atoms with Crippen LogP contribution in [0.25, 0.3) is 16.5 Å². The van der Waals surface area contributed by atoms with Gasteiger partial charge in [-0.2, -0.15) is 4.73 Å². The Kier molecular flexibility index (Phi) is 6.77. The van der Waals surface area contributed by atoms with E-state index < -0.39 is 19.7 Å². The number of benzene rings is 2. The van der Waals surface area contributed by atoms with Crippen molar-refractivity contribution in [3.8, 4) is 0 Å². The summed E-state index contributed by atoms with van der Waals surface area (Å²) < 4.78 is 7.59. The van der Waals surface area contributed by atoms with Crippen molar-refractivity contribution in [3.63, 3.8) is 0 Å². The minimum absolute atomic E-state index is 0.0118. The normalized spacial score (nSPS) is 23.9. The van der Waals surface area contributed by atoms with E-state index in [-0.39, 0.29) is 17.9 Å². The largest absolute Gasteiger partial charge is 0.450 e. The molecular weight excluding hydrogens is 518 g/mol. The number of rotatable bonds is 7. The standard InChI is InChI=1S/C32H39N3O4Si/c1-22-27-19-24-13-10-16-34(24)30(36)32(27,33-31(37)38-17-18-40(2,3)4)20-26-25-14-8-9-15-28(25)35(29(22)26)39-21-23-11-6-5-7-12-23/h5-9,11-12,14-15,24,27H,1,10,13,16-21H2,2-4H3,(H,33,37). The number of nitrogens with one attached hydrogen (secondary N) is 1. The number of aromatic nitrogens is 1. The lowest BCUT2D eigenvalue weighted by Gasteiger charge is -2.51. The van der Waals surface area contributed by atoms with Crippen molar-refractivity contribution in [2.24, 2.45) is 5.92 Å². The second-order valence-electron chi connectivity index (χ2n) is 12.7. The van der Waals surface area contributed by atoms with E-state index in [9.17, 15) is 9.59 Å². The molecule has 2 aliphatic heterocycles. The van der Waals surface area contributed by atoms with Crippen LogP contribution in [0.3, 0.4) is 0 Å². The maximum atomic E-state index is 14.3. The fourth-order valence-corrected chi connectivity index (χ4v) is 7.50. The van der Waals surface area contributed by atoms with Gasteiger partial charge in [-0.3, -0.25) is 4.79 Å². The molecule has 210 valence electrons. The molecule has 3 unspecified atom stereocenters. The second-order valence-corrected chi connectivity index (χ2v) is 18.3. The number of fused-ring (bicyclic) bond motifs is 5. The highest BCUT2D eigenvalue weighted by Crippen LogP contribution is 2.51. The van der Waals surface area contributed by atoms with Crippen LogP contribution in [0.4, 0.5) is 4.79 Å². The first kappa shape index (κ1) is 26.7. The van der Waals surface area contributed by atoms with E-state index in [1.54, 1.807) is 0 Å². The minimum Gasteiger partial charge on any atom is -0.450 e. The van der Waals surface area contributed by atoms with Crippen molar-refractivity contribution < 1.29 is 19.2 Å². The van der Waals surface area contributed by atoms with Crippen molar-refractivity contribution in [1.82, 2.24) is 14.9 Å². The van der Waals surface area contributed by atoms with Crippen LogP contribution in [-0.2, 0) is 22.6 Å². The molecule has 0 radical (unpaired) electrons. The van der Waals surface area contributed by atoms with Crippen molar-refractivity contribution in [2.75, 3.05) is 13.2 Å². The summed E-state index contributed by atoms with van der Waals surface area (Å²) in [7, 11) is -1.37. The first-order valence-electron chi connectivity index (χ1n) is 14.4. The number of hydrogen-bond acceptors (Lipinski definition) is 4. The first-order chi connectivity index (χ1) is 19.2. The fraction of sp³-hybridized carbons (Fsp3) is 0.438. The highest BCUT2D eigenvalue weighted by atomic mass is 28.3. The molecule has 1 aromatic heterocycles. The van der Waals surface area contributed by atoms with Crippen molar-refractivity contribution in [1.29, 1.82) is 0 Å². The van der Waals surface area contributed by atoms with E-state index in [2.05, 4.69) is 37.6 Å². The molecule has 2 saturated heterocycles. The number of nitrogens with zero attached hydrogens (tertiary/aromatic N) is 2. The number of ether oxygens (including phenoxy) is 1. The Balaban J connectivity index is 1.40. The number of piperidine rings is 1. The number of amides is 2. The Bertz CT molecular complexity index is 1460. The molecule has 2 aromatic carbocycles. The van der Waals surface area contributed by atoms with Gasteiger partial charge >= 0.3 is 6.09 Å². The summed E-state index contributed by atoms with van der Waals surface area (Å²) in [6.07, 6.45) is 2.58. The number of hydrogen-bond donors (Lipinski definition) is 1. The summed E-state index contributed by atoms with van der Waals surface area (Å²) in [6, 6.07) is 19.2. The Morgan fingerprint density at radius 3 is 2.65 bits per heavy atom. The SMILES string of the molecule is C=C1c2c(c3ccccc3n2OCc2ccccc2)CC2(NC(=O)OCC[Si](C)(C)C)C(=O)N3CCCC3CC12. The van der Waals surface area contributed by atoms with Crippen LogP contribution in [0, 0.1) is 5.92 Å². The Morgan fingerprint density at radius 2 is 1.88 bits per heavy atom. The van der Waals surface area contributed by atoms with E-state index in [0.717, 1.165) is 65.1 Å². The smallest absolute Gasteiger partial charge is 0.408 e. The van der Waals surface area contributed by atoms with E-state index in [1.807, 2.05) is 58.2 Å². The van der Waals surface area contributed by atoms with Gasteiger partial charge in [0, 0.05) is 38.4 Å². The van der Waals surface area contributed by atoms with Gasteiger partial charge in [0.1, 0.15) is 12.1 Å². The highest BCUT2D eigenvalue weighted by molar-refractivity contribution is 6.76. The number of alkyl carbamates (subject to hydrolysis) is 1. The molecule has 0 bridgehead atoms. The van der Waals surface area contributed by atoms with Gasteiger partial charge in [0.2, 0.25) is 5.91 Å². The van der Waals surface area contributed by atoms with Gasteiger partial charge in [-0.05, 0) is 48.1 Å². The van der Waals surface area contributed by atoms with Gasteiger partial charge in [0.05, 0.1) is 17.8 Å². The Morgan fingerprint density at radius 1 is 1.12 bits per heavy atom. The summed E-state index contributed by atoms with van der Waals surface area (Å²) in [4.78, 5) is 36.1. The molecule has 3 aromatic rings. The van der Waals surface area contributed by atoms with Crippen LogP contribution in [0.5, 0.6) is 0 Å². The zero-order chi connectivity index (χ0) is 28.1. The molecule has 8 heteroatoms. The average molecular weight is 558 g/mol. The topological polar surface area (TPSA) is 72.8 Å². The second kappa shape index (κ2) is 10.1. The fourth-order valence-electron chi connectivity index (χ4n) is 6.79. The van der Waals surface area contributed by atoms with E-state index >= 15 is 0 Å². The monoisotopic (exact) mass is 557 g/mol. The maximum Gasteiger partial charge on any atom is 0.408 e. The summed E-state index contributed by atoms with van der Waals surface area (Å²) in [5.41, 5.74) is 3.62. The van der Waals surface area contributed by atoms with E-state index in [0.29, 0.717) is 19.6 Å². The molecule has 3 atom stereocenters. The minimum atomic E-state index is -1.37. The van der Waals surface area contributed by atoms with Crippen molar-refractivity contribution >= 4 is 36.6 Å². The average Bonchev–Trinajstić information content (AvgIpc) is 3.52. The number of carbonyl (C=O) groups is 2. The molecule has 3 aliphatic rings. The van der Waals surface area contributed by atoms with Gasteiger partial charge in [-0.1, -0.05) is 74.8 Å². The van der Waals surface area contributed by atoms with Gasteiger partial charge in [0.15, 0.2) is 0 Å². The molecule has 3 heterocycles. The van der Waals surface area contributed by atoms with E-state index in [4.69, 9.17) is 9.57 Å². The molecule has 1 N–H and O–H groups in total. The summed E-state index contributed by atoms with van der Waals surface area (Å²) in [5.74, 6) is -0.262. The van der Waals surface area contributed by atoms with Crippen LogP contribution in [-0.4, -0.2) is 54.4 Å². The Hall–Kier alpha value is -3.52. The maximum absolute atomic E-state index is 14.3. The van der Waals surface area contributed by atoms with Crippen molar-refractivity contribution in [2.45, 2.75) is 69.6 Å². The first-order valence-corrected chi connectivity index (χ1v) is 18.1. The molecule has 0 spiro atoms. The van der Waals surface area contributed by atoms with Gasteiger partial charge in [0.25, 0.3) is 0 Å². The predicted octanol–water partition coefficient (Wildman–Crippen LogP) is 5.65. The van der Waals surface area contributed by atoms with Gasteiger partial charge in [-0.25, -0.2) is 4.79 Å². The Labute approximate surface area is 237 Å². The van der Waals surface area contributed by atoms with E-state index in [1.165, 1.54) is 0 Å². The third kappa shape index (κ3) is 4.62. The summed E-state index contributed by atoms with van der Waals surface area (Å²) in [5, 5.41) is 4.15. The predicted molar refractivity (Wildman–Crippen MR) is 160 cm³/mol. The quantitative estimate of drug-likeness (QED) is 0.381. The molecule has 2 amide bonds. The number of para-hydroxylation sites is 1. The van der Waals surface area contributed by atoms with Crippen LogP contribution < -0.4 is 10.2 Å². The van der Waals surface area contributed by atoms with Gasteiger partial charge in [-0.15, -0.1) is 0 Å². The van der Waals surface area contributed by atoms with Crippen LogP contribution >= 0.6 is 0 Å². The molecule has 6 rings (SSSR count). The summed E-state index contributed by atoms with van der Waals surface area (Å²) >= 11 is 0. The van der Waals surface area contributed by atoms with Crippen LogP contribution in [0.1, 0.15) is 36.1 Å². The lowest BCUT2D eigenvalue weighted by molar-refractivity contribution is -0.145. The van der Waals surface area contributed by atoms with Crippen molar-refractivity contribution in [3.05, 3.63) is 78.0 Å². The lowest BCUT2D eigenvalue weighted by Crippen LogP contribution is -2.70. The number of carbonyl (C=O) groups excluding carboxylic acids is 2. The summed E-state index contributed by atoms with van der Waals surface area (Å²) in [6.45, 7) is 12.8. The van der Waals surface area contributed by atoms with Crippen LogP contribution in [0.2, 0.25) is 25.7 Å². The molecular formula is C32H39N3O4Si. The molecule has 1 aliphatic carbocycles. The third-order valence-corrected chi connectivity index (χ3v) is 10.6. The van der Waals surface area contributed by atoms with Crippen LogP contribution in [0.15, 0.2) is 61.2 Å². The third-order valence-electron chi connectivity index (χ3n) is 8.85. The van der Waals surface area contributed by atoms with Gasteiger partial charge < -0.3 is 19.8 Å². The highest BCUT2D eigenvalue weighted by Gasteiger charge is 2.59. The zero-order valence-electron chi connectivity index (χ0n) is 23.7. The molecule has 40 heavy (non-hydrogen) atoms. The molecule has 7 nitrogen and oxygen atoms in total. The lowest BCUT2D eigenvalue weighted by atomic mass is 9.64. The molecule has 0 saturated carbocycles. The zero-order valence-corrected chi connectivity index (χ0v) is 24.7. The molecule has 2 fully saturated rings.